The zero-order valence-electron chi connectivity index (χ0n) is 12.5. The molecule has 116 valence electrons. The minimum atomic E-state index is -0.117. The van der Waals surface area contributed by atoms with E-state index in [1.54, 1.807) is 18.5 Å². The lowest BCUT2D eigenvalue weighted by atomic mass is 10.1. The van der Waals surface area contributed by atoms with Gasteiger partial charge in [0.05, 0.1) is 18.3 Å². The fourth-order valence-corrected chi connectivity index (χ4v) is 2.80. The Morgan fingerprint density at radius 1 is 1.57 bits per heavy atom. The van der Waals surface area contributed by atoms with Crippen LogP contribution in [0.5, 0.6) is 0 Å². The first kappa shape index (κ1) is 16.4. The predicted molar refractivity (Wildman–Crippen MR) is 85.3 cm³/mol. The summed E-state index contributed by atoms with van der Waals surface area (Å²) < 4.78 is 6.52. The van der Waals surface area contributed by atoms with Gasteiger partial charge < -0.3 is 10.1 Å². The van der Waals surface area contributed by atoms with Crippen molar-refractivity contribution in [3.05, 3.63) is 28.5 Å². The second-order valence-electron chi connectivity index (χ2n) is 5.75. The monoisotopic (exact) mass is 355 g/mol. The molecule has 1 N–H and O–H groups in total. The molecule has 0 spiro atoms. The molecule has 1 fully saturated rings. The van der Waals surface area contributed by atoms with Gasteiger partial charge in [-0.2, -0.15) is 0 Å². The summed E-state index contributed by atoms with van der Waals surface area (Å²) in [6.45, 7) is 8.60. The summed E-state index contributed by atoms with van der Waals surface area (Å²) in [7, 11) is 0. The summed E-state index contributed by atoms with van der Waals surface area (Å²) >= 11 is 3.31. The number of rotatable bonds is 5. The highest BCUT2D eigenvalue weighted by Gasteiger charge is 2.21. The van der Waals surface area contributed by atoms with Gasteiger partial charge in [-0.05, 0) is 27.9 Å². The van der Waals surface area contributed by atoms with Gasteiger partial charge in [-0.15, -0.1) is 0 Å². The van der Waals surface area contributed by atoms with E-state index < -0.39 is 0 Å². The number of ether oxygens (including phenoxy) is 1. The van der Waals surface area contributed by atoms with Gasteiger partial charge in [-0.25, -0.2) is 0 Å². The number of halogens is 1. The average Bonchev–Trinajstić information content (AvgIpc) is 2.44. The molecule has 1 amide bonds. The van der Waals surface area contributed by atoms with E-state index in [4.69, 9.17) is 4.74 Å². The Balaban J connectivity index is 1.81. The fourth-order valence-electron chi connectivity index (χ4n) is 2.43. The molecule has 1 aliphatic heterocycles. The molecule has 0 saturated carbocycles. The smallest absolute Gasteiger partial charge is 0.252 e. The van der Waals surface area contributed by atoms with Crippen LogP contribution in [0, 0.1) is 5.92 Å². The molecule has 1 aliphatic rings. The number of carbonyl (C=O) groups is 1. The second kappa shape index (κ2) is 7.87. The lowest BCUT2D eigenvalue weighted by Gasteiger charge is -2.33. The molecule has 0 radical (unpaired) electrons. The van der Waals surface area contributed by atoms with Crippen LogP contribution < -0.4 is 5.32 Å². The molecule has 0 aliphatic carbocycles. The van der Waals surface area contributed by atoms with Gasteiger partial charge in [0.2, 0.25) is 0 Å². The van der Waals surface area contributed by atoms with E-state index in [1.807, 2.05) is 0 Å². The second-order valence-corrected chi connectivity index (χ2v) is 6.66. The van der Waals surface area contributed by atoms with Gasteiger partial charge in [0.25, 0.3) is 5.91 Å². The van der Waals surface area contributed by atoms with E-state index in [0.717, 1.165) is 30.7 Å². The Morgan fingerprint density at radius 3 is 3.10 bits per heavy atom. The van der Waals surface area contributed by atoms with Crippen molar-refractivity contribution in [1.82, 2.24) is 15.2 Å². The molecular formula is C15H22BrN3O2. The molecule has 0 unspecified atom stereocenters. The van der Waals surface area contributed by atoms with Crippen molar-refractivity contribution >= 4 is 21.8 Å². The van der Waals surface area contributed by atoms with Crippen LogP contribution in [0.15, 0.2) is 22.9 Å². The van der Waals surface area contributed by atoms with Crippen molar-refractivity contribution in [3.63, 3.8) is 0 Å². The molecule has 1 saturated heterocycles. The Morgan fingerprint density at radius 2 is 2.38 bits per heavy atom. The first-order chi connectivity index (χ1) is 10.0. The van der Waals surface area contributed by atoms with E-state index >= 15 is 0 Å². The van der Waals surface area contributed by atoms with Crippen LogP contribution in [0.3, 0.4) is 0 Å². The van der Waals surface area contributed by atoms with Crippen molar-refractivity contribution < 1.29 is 9.53 Å². The van der Waals surface area contributed by atoms with Crippen LogP contribution in [-0.2, 0) is 4.74 Å². The molecule has 6 heteroatoms. The number of aromatic nitrogens is 1. The molecule has 1 aromatic rings. The molecule has 2 rings (SSSR count). The first-order valence-electron chi connectivity index (χ1n) is 7.27. The highest BCUT2D eigenvalue weighted by molar-refractivity contribution is 9.10. The van der Waals surface area contributed by atoms with Crippen molar-refractivity contribution in [1.29, 1.82) is 0 Å². The number of pyridine rings is 1. The van der Waals surface area contributed by atoms with E-state index in [9.17, 15) is 4.79 Å². The highest BCUT2D eigenvalue weighted by atomic mass is 79.9. The van der Waals surface area contributed by atoms with E-state index in [0.29, 0.717) is 18.0 Å². The maximum absolute atomic E-state index is 12.1. The molecule has 0 aromatic carbocycles. The third-order valence-corrected chi connectivity index (χ3v) is 3.74. The molecule has 21 heavy (non-hydrogen) atoms. The van der Waals surface area contributed by atoms with Gasteiger partial charge in [-0.1, -0.05) is 13.8 Å². The molecule has 5 nitrogen and oxygen atoms in total. The van der Waals surface area contributed by atoms with Gasteiger partial charge in [0, 0.05) is 43.0 Å². The summed E-state index contributed by atoms with van der Waals surface area (Å²) in [6.07, 6.45) is 3.28. The number of amides is 1. The number of nitrogens with zero attached hydrogens (tertiary/aromatic N) is 2. The lowest BCUT2D eigenvalue weighted by molar-refractivity contribution is -0.0295. The summed E-state index contributed by atoms with van der Waals surface area (Å²) in [5.41, 5.74) is 0.555. The predicted octanol–water partition coefficient (Wildman–Crippen LogP) is 1.93. The zero-order chi connectivity index (χ0) is 15.2. The van der Waals surface area contributed by atoms with Crippen LogP contribution >= 0.6 is 15.9 Å². The van der Waals surface area contributed by atoms with Crippen molar-refractivity contribution in [2.24, 2.45) is 5.92 Å². The quantitative estimate of drug-likeness (QED) is 0.876. The Labute approximate surface area is 134 Å². The van der Waals surface area contributed by atoms with E-state index in [2.05, 4.69) is 45.0 Å². The number of hydrogen-bond acceptors (Lipinski definition) is 4. The summed E-state index contributed by atoms with van der Waals surface area (Å²) in [5, 5.41) is 2.92. The number of nitrogens with one attached hydrogen (secondary N) is 1. The zero-order valence-corrected chi connectivity index (χ0v) is 14.1. The Kier molecular flexibility index (Phi) is 6.14. The topological polar surface area (TPSA) is 54.5 Å². The molecule has 1 aromatic heterocycles. The van der Waals surface area contributed by atoms with Crippen LogP contribution in [0.25, 0.3) is 0 Å². The van der Waals surface area contributed by atoms with E-state index in [-0.39, 0.29) is 12.0 Å². The van der Waals surface area contributed by atoms with E-state index in [1.165, 1.54) is 0 Å². The summed E-state index contributed by atoms with van der Waals surface area (Å²) in [4.78, 5) is 18.4. The Hall–Kier alpha value is -0.980. The van der Waals surface area contributed by atoms with Crippen LogP contribution in [-0.4, -0.2) is 54.7 Å². The van der Waals surface area contributed by atoms with Crippen LogP contribution in [0.2, 0.25) is 0 Å². The largest absolute Gasteiger partial charge is 0.374 e. The van der Waals surface area contributed by atoms with Crippen molar-refractivity contribution in [3.8, 4) is 0 Å². The maximum atomic E-state index is 12.1. The summed E-state index contributed by atoms with van der Waals surface area (Å²) in [6, 6.07) is 1.76. The fraction of sp³-hybridized carbons (Fsp3) is 0.600. The Bertz CT molecular complexity index is 482. The van der Waals surface area contributed by atoms with Gasteiger partial charge in [-0.3, -0.25) is 14.7 Å². The third-order valence-electron chi connectivity index (χ3n) is 3.30. The van der Waals surface area contributed by atoms with Crippen molar-refractivity contribution in [2.45, 2.75) is 20.0 Å². The van der Waals surface area contributed by atoms with Crippen molar-refractivity contribution in [2.75, 3.05) is 32.8 Å². The summed E-state index contributed by atoms with van der Waals surface area (Å²) in [5.74, 6) is 0.527. The number of morpholine rings is 1. The number of carbonyl (C=O) groups excluding carboxylic acids is 1. The minimum Gasteiger partial charge on any atom is -0.374 e. The molecule has 1 atom stereocenters. The normalized spacial score (nSPS) is 19.7. The minimum absolute atomic E-state index is 0.0570. The third kappa shape index (κ3) is 5.37. The lowest BCUT2D eigenvalue weighted by Crippen LogP contribution is -2.48. The van der Waals surface area contributed by atoms with Crippen LogP contribution in [0.1, 0.15) is 24.2 Å². The molecular weight excluding hydrogens is 334 g/mol. The van der Waals surface area contributed by atoms with Gasteiger partial charge in [0.15, 0.2) is 0 Å². The maximum Gasteiger partial charge on any atom is 0.252 e. The van der Waals surface area contributed by atoms with Gasteiger partial charge in [0.1, 0.15) is 0 Å². The molecule has 0 bridgehead atoms. The van der Waals surface area contributed by atoms with Crippen LogP contribution in [0.4, 0.5) is 0 Å². The standard InChI is InChI=1S/C15H22BrN3O2/c1-11(2)9-19-3-4-21-14(10-19)8-18-15(20)12-5-13(16)7-17-6-12/h5-7,11,14H,3-4,8-10H2,1-2H3,(H,18,20)/t14-/m1/s1. The van der Waals surface area contributed by atoms with Gasteiger partial charge >= 0.3 is 0 Å². The number of hydrogen-bond donors (Lipinski definition) is 1. The highest BCUT2D eigenvalue weighted by Crippen LogP contribution is 2.10. The average molecular weight is 356 g/mol. The SMILES string of the molecule is CC(C)CN1CCO[C@H](CNC(=O)c2cncc(Br)c2)C1. The first-order valence-corrected chi connectivity index (χ1v) is 8.06. The molecule has 2 heterocycles.